The molecule has 0 atom stereocenters. The van der Waals surface area contributed by atoms with Crippen LogP contribution in [-0.2, 0) is 24.8 Å². The van der Waals surface area contributed by atoms with Crippen molar-refractivity contribution in [2.45, 2.75) is 40.2 Å². The third-order valence-electron chi connectivity index (χ3n) is 4.53. The lowest BCUT2D eigenvalue weighted by molar-refractivity contribution is 0.135. The number of benzene rings is 1. The monoisotopic (exact) mass is 371 g/mol. The highest BCUT2D eigenvalue weighted by atomic mass is 16.5. The first-order chi connectivity index (χ1) is 13.1. The van der Waals surface area contributed by atoms with Crippen LogP contribution in [0.25, 0.3) is 0 Å². The molecule has 1 aromatic heterocycles. The Balaban J connectivity index is 1.68. The number of aromatic nitrogens is 2. The minimum Gasteiger partial charge on any atom is -0.381 e. The maximum atomic E-state index is 5.73. The summed E-state index contributed by atoms with van der Waals surface area (Å²) in [5, 5.41) is 11.1. The van der Waals surface area contributed by atoms with Gasteiger partial charge in [-0.1, -0.05) is 30.3 Å². The van der Waals surface area contributed by atoms with Gasteiger partial charge in [0.25, 0.3) is 0 Å². The van der Waals surface area contributed by atoms with Crippen LogP contribution in [0.4, 0.5) is 0 Å². The molecule has 1 heterocycles. The van der Waals surface area contributed by atoms with Crippen molar-refractivity contribution in [3.8, 4) is 0 Å². The molecule has 148 valence electrons. The quantitative estimate of drug-likeness (QED) is 0.383. The molecule has 27 heavy (non-hydrogen) atoms. The van der Waals surface area contributed by atoms with E-state index >= 15 is 0 Å². The van der Waals surface area contributed by atoms with Crippen molar-refractivity contribution in [1.82, 2.24) is 20.4 Å². The number of nitrogens with one attached hydrogen (secondary N) is 2. The van der Waals surface area contributed by atoms with Crippen molar-refractivity contribution in [2.24, 2.45) is 12.0 Å². The van der Waals surface area contributed by atoms with Crippen LogP contribution in [0.1, 0.15) is 35.9 Å². The fourth-order valence-electron chi connectivity index (χ4n) is 2.86. The van der Waals surface area contributed by atoms with Crippen LogP contribution in [0.5, 0.6) is 0 Å². The molecular formula is C21H33N5O. The number of hydrogen-bond donors (Lipinski definition) is 2. The fraction of sp³-hybridized carbons (Fsp3) is 0.524. The van der Waals surface area contributed by atoms with Crippen LogP contribution in [0.15, 0.2) is 35.3 Å². The molecule has 0 saturated heterocycles. The normalized spacial score (nSPS) is 11.6. The minimum absolute atomic E-state index is 0.633. The molecule has 0 radical (unpaired) electrons. The Labute approximate surface area is 163 Å². The molecule has 6 nitrogen and oxygen atoms in total. The Morgan fingerprint density at radius 3 is 2.59 bits per heavy atom. The van der Waals surface area contributed by atoms with Crippen LogP contribution in [-0.4, -0.2) is 42.0 Å². The third-order valence-corrected chi connectivity index (χ3v) is 4.53. The van der Waals surface area contributed by atoms with Gasteiger partial charge in [-0.25, -0.2) is 4.99 Å². The number of aryl methyl sites for hydroxylation is 2. The molecule has 6 heteroatoms. The summed E-state index contributed by atoms with van der Waals surface area (Å²) in [5.74, 6) is 0.837. The fourth-order valence-corrected chi connectivity index (χ4v) is 2.86. The second-order valence-corrected chi connectivity index (χ2v) is 6.60. The summed E-state index contributed by atoms with van der Waals surface area (Å²) in [4.78, 5) is 4.69. The third kappa shape index (κ3) is 7.06. The molecule has 0 unspecified atom stereocenters. The number of hydrogen-bond acceptors (Lipinski definition) is 3. The molecule has 0 spiro atoms. The highest BCUT2D eigenvalue weighted by Gasteiger charge is 2.08. The maximum Gasteiger partial charge on any atom is 0.191 e. The summed E-state index contributed by atoms with van der Waals surface area (Å²) in [5.41, 5.74) is 4.72. The van der Waals surface area contributed by atoms with Crippen molar-refractivity contribution < 1.29 is 4.74 Å². The number of ether oxygens (including phenoxy) is 1. The van der Waals surface area contributed by atoms with Crippen LogP contribution in [0.3, 0.4) is 0 Å². The highest BCUT2D eigenvalue weighted by molar-refractivity contribution is 5.79. The van der Waals surface area contributed by atoms with Gasteiger partial charge in [0.1, 0.15) is 0 Å². The Hall–Kier alpha value is -2.34. The van der Waals surface area contributed by atoms with Gasteiger partial charge >= 0.3 is 0 Å². The van der Waals surface area contributed by atoms with E-state index in [9.17, 15) is 0 Å². The first-order valence-electron chi connectivity index (χ1n) is 9.74. The molecule has 0 aliphatic rings. The summed E-state index contributed by atoms with van der Waals surface area (Å²) in [7, 11) is 1.97. The molecule has 2 aromatic rings. The van der Waals surface area contributed by atoms with E-state index in [-0.39, 0.29) is 0 Å². The van der Waals surface area contributed by atoms with E-state index in [4.69, 9.17) is 9.73 Å². The number of nitrogens with zero attached hydrogens (tertiary/aromatic N) is 3. The molecular weight excluding hydrogens is 338 g/mol. The lowest BCUT2D eigenvalue weighted by Gasteiger charge is -2.11. The molecule has 0 bridgehead atoms. The predicted octanol–water partition coefficient (Wildman–Crippen LogP) is 2.74. The van der Waals surface area contributed by atoms with Gasteiger partial charge in [-0.2, -0.15) is 5.10 Å². The molecule has 0 aliphatic carbocycles. The topological polar surface area (TPSA) is 63.5 Å². The van der Waals surface area contributed by atoms with Gasteiger partial charge in [0.2, 0.25) is 0 Å². The van der Waals surface area contributed by atoms with Gasteiger partial charge in [0.15, 0.2) is 5.96 Å². The standard InChI is InChI=1S/C21H33N5O/c1-5-22-21(24-16-20-17(2)25-26(4)18(20)3)23-13-9-14-27-15-12-19-10-7-6-8-11-19/h6-8,10-11H,5,9,12-16H2,1-4H3,(H2,22,23,24). The molecule has 2 rings (SSSR count). The maximum absolute atomic E-state index is 5.73. The average molecular weight is 372 g/mol. The zero-order chi connectivity index (χ0) is 19.5. The molecule has 0 saturated carbocycles. The number of aliphatic imine (C=N–C) groups is 1. The van der Waals surface area contributed by atoms with Gasteiger partial charge < -0.3 is 15.4 Å². The SMILES string of the molecule is CCNC(=NCc1c(C)nn(C)c1C)NCCCOCCc1ccccc1. The molecule has 0 fully saturated rings. The van der Waals surface area contributed by atoms with Gasteiger partial charge in [-0.05, 0) is 39.2 Å². The summed E-state index contributed by atoms with van der Waals surface area (Å²) >= 11 is 0. The lowest BCUT2D eigenvalue weighted by atomic mass is 10.2. The Morgan fingerprint density at radius 1 is 1.15 bits per heavy atom. The second kappa shape index (κ2) is 11.4. The van der Waals surface area contributed by atoms with E-state index in [1.54, 1.807) is 0 Å². The van der Waals surface area contributed by atoms with E-state index in [1.807, 2.05) is 24.7 Å². The van der Waals surface area contributed by atoms with E-state index in [0.717, 1.165) is 50.8 Å². The zero-order valence-electron chi connectivity index (χ0n) is 17.1. The van der Waals surface area contributed by atoms with E-state index in [0.29, 0.717) is 6.54 Å². The summed E-state index contributed by atoms with van der Waals surface area (Å²) in [6.07, 6.45) is 1.91. The van der Waals surface area contributed by atoms with Crippen molar-refractivity contribution in [1.29, 1.82) is 0 Å². The van der Waals surface area contributed by atoms with Crippen LogP contribution >= 0.6 is 0 Å². The highest BCUT2D eigenvalue weighted by Crippen LogP contribution is 2.12. The Kier molecular flexibility index (Phi) is 8.84. The molecule has 2 N–H and O–H groups in total. The lowest BCUT2D eigenvalue weighted by Crippen LogP contribution is -2.38. The van der Waals surface area contributed by atoms with Crippen molar-refractivity contribution in [3.05, 3.63) is 52.8 Å². The smallest absolute Gasteiger partial charge is 0.191 e. The first-order valence-corrected chi connectivity index (χ1v) is 9.74. The molecule has 0 amide bonds. The largest absolute Gasteiger partial charge is 0.381 e. The van der Waals surface area contributed by atoms with Crippen LogP contribution < -0.4 is 10.6 Å². The van der Waals surface area contributed by atoms with Crippen LogP contribution in [0.2, 0.25) is 0 Å². The van der Waals surface area contributed by atoms with E-state index in [2.05, 4.69) is 53.8 Å². The number of guanidine groups is 1. The van der Waals surface area contributed by atoms with Crippen molar-refractivity contribution in [3.63, 3.8) is 0 Å². The van der Waals surface area contributed by atoms with Gasteiger partial charge in [-0.3, -0.25) is 4.68 Å². The Morgan fingerprint density at radius 2 is 1.93 bits per heavy atom. The molecule has 1 aromatic carbocycles. The first kappa shape index (κ1) is 21.0. The van der Waals surface area contributed by atoms with E-state index in [1.165, 1.54) is 16.8 Å². The Bertz CT molecular complexity index is 709. The summed E-state index contributed by atoms with van der Waals surface area (Å²) < 4.78 is 7.64. The average Bonchev–Trinajstić information content (AvgIpc) is 2.91. The summed E-state index contributed by atoms with van der Waals surface area (Å²) in [6.45, 7) is 10.0. The van der Waals surface area contributed by atoms with Gasteiger partial charge in [0, 0.05) is 38.0 Å². The minimum atomic E-state index is 0.633. The zero-order valence-corrected chi connectivity index (χ0v) is 17.1. The number of rotatable bonds is 10. The van der Waals surface area contributed by atoms with Gasteiger partial charge in [0.05, 0.1) is 18.8 Å². The summed E-state index contributed by atoms with van der Waals surface area (Å²) in [6, 6.07) is 10.4. The van der Waals surface area contributed by atoms with E-state index < -0.39 is 0 Å². The second-order valence-electron chi connectivity index (χ2n) is 6.60. The van der Waals surface area contributed by atoms with Crippen LogP contribution in [0, 0.1) is 13.8 Å². The van der Waals surface area contributed by atoms with Gasteiger partial charge in [-0.15, -0.1) is 0 Å². The predicted molar refractivity (Wildman–Crippen MR) is 111 cm³/mol. The van der Waals surface area contributed by atoms with Crippen molar-refractivity contribution >= 4 is 5.96 Å². The van der Waals surface area contributed by atoms with Crippen molar-refractivity contribution in [2.75, 3.05) is 26.3 Å². The molecule has 0 aliphatic heterocycles.